The number of nitrogen functional groups attached to an aromatic ring is 1. The van der Waals surface area contributed by atoms with E-state index in [0.717, 1.165) is 17.8 Å². The van der Waals surface area contributed by atoms with Crippen LogP contribution in [-0.2, 0) is 17.8 Å². The molecule has 1 amide bonds. The Morgan fingerprint density at radius 2 is 1.70 bits per heavy atom. The molecule has 0 radical (unpaired) electrons. The highest BCUT2D eigenvalue weighted by Crippen LogP contribution is 2.28. The summed E-state index contributed by atoms with van der Waals surface area (Å²) in [5, 5.41) is 0. The SMILES string of the molecule is Nc1ccc(CC(=O)N(Cc2ccccc2)CC2CCC2)cc1. The molecule has 0 atom stereocenters. The van der Waals surface area contributed by atoms with E-state index in [1.165, 1.54) is 24.8 Å². The molecule has 3 rings (SSSR count). The van der Waals surface area contributed by atoms with Gasteiger partial charge in [0.2, 0.25) is 5.91 Å². The largest absolute Gasteiger partial charge is 0.399 e. The van der Waals surface area contributed by atoms with Gasteiger partial charge in [-0.05, 0) is 42.0 Å². The summed E-state index contributed by atoms with van der Waals surface area (Å²) < 4.78 is 0. The molecule has 1 aliphatic rings. The van der Waals surface area contributed by atoms with Gasteiger partial charge in [-0.25, -0.2) is 0 Å². The molecule has 0 heterocycles. The first-order valence-corrected chi connectivity index (χ1v) is 8.37. The summed E-state index contributed by atoms with van der Waals surface area (Å²) >= 11 is 0. The van der Waals surface area contributed by atoms with E-state index in [4.69, 9.17) is 5.73 Å². The van der Waals surface area contributed by atoms with Gasteiger partial charge in [0.05, 0.1) is 6.42 Å². The number of benzene rings is 2. The Bertz CT molecular complexity index is 632. The maximum Gasteiger partial charge on any atom is 0.227 e. The summed E-state index contributed by atoms with van der Waals surface area (Å²) in [6, 6.07) is 17.8. The van der Waals surface area contributed by atoms with Crippen LogP contribution in [0.4, 0.5) is 5.69 Å². The number of nitrogens with zero attached hydrogens (tertiary/aromatic N) is 1. The lowest BCUT2D eigenvalue weighted by Crippen LogP contribution is -2.37. The number of hydrogen-bond acceptors (Lipinski definition) is 2. The van der Waals surface area contributed by atoms with E-state index in [-0.39, 0.29) is 5.91 Å². The first-order valence-electron chi connectivity index (χ1n) is 8.37. The van der Waals surface area contributed by atoms with Crippen molar-refractivity contribution in [2.45, 2.75) is 32.2 Å². The van der Waals surface area contributed by atoms with Crippen molar-refractivity contribution in [1.82, 2.24) is 4.90 Å². The third-order valence-electron chi connectivity index (χ3n) is 4.61. The third kappa shape index (κ3) is 4.35. The Balaban J connectivity index is 1.68. The van der Waals surface area contributed by atoms with Crippen LogP contribution in [0.25, 0.3) is 0 Å². The first-order chi connectivity index (χ1) is 11.2. The lowest BCUT2D eigenvalue weighted by molar-refractivity contribution is -0.132. The number of carbonyl (C=O) groups excluding carboxylic acids is 1. The summed E-state index contributed by atoms with van der Waals surface area (Å²) in [5.74, 6) is 0.875. The third-order valence-corrected chi connectivity index (χ3v) is 4.61. The average Bonchev–Trinajstić information content (AvgIpc) is 2.52. The zero-order chi connectivity index (χ0) is 16.1. The quantitative estimate of drug-likeness (QED) is 0.828. The van der Waals surface area contributed by atoms with Crippen molar-refractivity contribution >= 4 is 11.6 Å². The van der Waals surface area contributed by atoms with Crippen LogP contribution < -0.4 is 5.73 Å². The molecule has 0 bridgehead atoms. The molecule has 2 aromatic rings. The molecular formula is C20H24N2O. The van der Waals surface area contributed by atoms with Crippen molar-refractivity contribution in [3.05, 3.63) is 65.7 Å². The first kappa shape index (κ1) is 15.6. The molecule has 23 heavy (non-hydrogen) atoms. The van der Waals surface area contributed by atoms with Crippen LogP contribution >= 0.6 is 0 Å². The normalized spacial score (nSPS) is 14.3. The maximum atomic E-state index is 12.8. The second-order valence-corrected chi connectivity index (χ2v) is 6.48. The van der Waals surface area contributed by atoms with Gasteiger partial charge in [-0.1, -0.05) is 48.9 Å². The van der Waals surface area contributed by atoms with E-state index in [2.05, 4.69) is 12.1 Å². The van der Waals surface area contributed by atoms with E-state index < -0.39 is 0 Å². The van der Waals surface area contributed by atoms with Crippen molar-refractivity contribution < 1.29 is 4.79 Å². The minimum Gasteiger partial charge on any atom is -0.399 e. The van der Waals surface area contributed by atoms with E-state index in [9.17, 15) is 4.79 Å². The number of hydrogen-bond donors (Lipinski definition) is 1. The molecule has 2 N–H and O–H groups in total. The van der Waals surface area contributed by atoms with E-state index in [0.29, 0.717) is 18.9 Å². The van der Waals surface area contributed by atoms with Gasteiger partial charge in [-0.3, -0.25) is 4.79 Å². The summed E-state index contributed by atoms with van der Waals surface area (Å²) in [4.78, 5) is 14.8. The Kier molecular flexibility index (Phi) is 4.96. The molecular weight excluding hydrogens is 284 g/mol. The molecule has 120 valence electrons. The molecule has 3 nitrogen and oxygen atoms in total. The zero-order valence-electron chi connectivity index (χ0n) is 13.4. The Hall–Kier alpha value is -2.29. The fraction of sp³-hybridized carbons (Fsp3) is 0.350. The fourth-order valence-corrected chi connectivity index (χ4v) is 2.97. The van der Waals surface area contributed by atoms with E-state index in [1.54, 1.807) is 0 Å². The average molecular weight is 308 g/mol. The predicted molar refractivity (Wildman–Crippen MR) is 93.8 cm³/mol. The van der Waals surface area contributed by atoms with Crippen molar-refractivity contribution in [3.8, 4) is 0 Å². The van der Waals surface area contributed by atoms with Crippen molar-refractivity contribution in [2.24, 2.45) is 5.92 Å². The van der Waals surface area contributed by atoms with Gasteiger partial charge in [0, 0.05) is 18.8 Å². The minimum absolute atomic E-state index is 0.200. The zero-order valence-corrected chi connectivity index (χ0v) is 13.4. The van der Waals surface area contributed by atoms with Gasteiger partial charge >= 0.3 is 0 Å². The molecule has 1 fully saturated rings. The molecule has 3 heteroatoms. The second kappa shape index (κ2) is 7.32. The van der Waals surface area contributed by atoms with E-state index in [1.807, 2.05) is 47.4 Å². The van der Waals surface area contributed by atoms with Gasteiger partial charge < -0.3 is 10.6 Å². The van der Waals surface area contributed by atoms with Gasteiger partial charge in [0.15, 0.2) is 0 Å². The smallest absolute Gasteiger partial charge is 0.227 e. The Labute approximate surface area is 138 Å². The highest BCUT2D eigenvalue weighted by molar-refractivity contribution is 5.79. The summed E-state index contributed by atoms with van der Waals surface area (Å²) in [7, 11) is 0. The van der Waals surface area contributed by atoms with Crippen LogP contribution in [0.15, 0.2) is 54.6 Å². The molecule has 0 aliphatic heterocycles. The number of rotatable bonds is 6. The van der Waals surface area contributed by atoms with Gasteiger partial charge in [-0.2, -0.15) is 0 Å². The Morgan fingerprint density at radius 1 is 1.00 bits per heavy atom. The number of anilines is 1. The molecule has 1 aliphatic carbocycles. The number of nitrogens with two attached hydrogens (primary N) is 1. The number of carbonyl (C=O) groups is 1. The summed E-state index contributed by atoms with van der Waals surface area (Å²) in [6.45, 7) is 1.58. The van der Waals surface area contributed by atoms with E-state index >= 15 is 0 Å². The topological polar surface area (TPSA) is 46.3 Å². The highest BCUT2D eigenvalue weighted by Gasteiger charge is 2.23. The number of amides is 1. The van der Waals surface area contributed by atoms with Gasteiger partial charge in [-0.15, -0.1) is 0 Å². The molecule has 0 saturated heterocycles. The monoisotopic (exact) mass is 308 g/mol. The molecule has 0 aromatic heterocycles. The predicted octanol–water partition coefficient (Wildman–Crippen LogP) is 3.64. The molecule has 0 spiro atoms. The molecule has 1 saturated carbocycles. The maximum absolute atomic E-state index is 12.8. The van der Waals surface area contributed by atoms with Gasteiger partial charge in [0.1, 0.15) is 0 Å². The van der Waals surface area contributed by atoms with Crippen LogP contribution in [0.3, 0.4) is 0 Å². The van der Waals surface area contributed by atoms with Gasteiger partial charge in [0.25, 0.3) is 0 Å². The van der Waals surface area contributed by atoms with Crippen LogP contribution in [0, 0.1) is 5.92 Å². The minimum atomic E-state index is 0.200. The lowest BCUT2D eigenvalue weighted by atomic mass is 9.85. The van der Waals surface area contributed by atoms with Crippen LogP contribution in [0.2, 0.25) is 0 Å². The highest BCUT2D eigenvalue weighted by atomic mass is 16.2. The van der Waals surface area contributed by atoms with Crippen molar-refractivity contribution in [2.75, 3.05) is 12.3 Å². The second-order valence-electron chi connectivity index (χ2n) is 6.48. The van der Waals surface area contributed by atoms with Crippen LogP contribution in [0.5, 0.6) is 0 Å². The summed E-state index contributed by atoms with van der Waals surface area (Å²) in [6.07, 6.45) is 4.25. The van der Waals surface area contributed by atoms with Crippen molar-refractivity contribution in [3.63, 3.8) is 0 Å². The summed E-state index contributed by atoms with van der Waals surface area (Å²) in [5.41, 5.74) is 8.66. The lowest BCUT2D eigenvalue weighted by Gasteiger charge is -2.32. The Morgan fingerprint density at radius 3 is 2.30 bits per heavy atom. The van der Waals surface area contributed by atoms with Crippen LogP contribution in [0.1, 0.15) is 30.4 Å². The molecule has 2 aromatic carbocycles. The standard InChI is InChI=1S/C20H24N2O/c21-19-11-9-16(10-12-19)13-20(23)22(15-18-7-4-8-18)14-17-5-2-1-3-6-17/h1-3,5-6,9-12,18H,4,7-8,13-15,21H2. The fourth-order valence-electron chi connectivity index (χ4n) is 2.97. The van der Waals surface area contributed by atoms with Crippen molar-refractivity contribution in [1.29, 1.82) is 0 Å². The van der Waals surface area contributed by atoms with Crippen LogP contribution in [-0.4, -0.2) is 17.4 Å². The molecule has 0 unspecified atom stereocenters.